The quantitative estimate of drug-likeness (QED) is 0.232. The number of rotatable bonds is 6. The molecule has 5 rings (SSSR count). The number of aryl methyl sites for hydroxylation is 6. The average Bonchev–Trinajstić information content (AvgIpc) is 2.92. The summed E-state index contributed by atoms with van der Waals surface area (Å²) in [4.78, 5) is 2.60. The molecule has 0 bridgehead atoms. The van der Waals surface area contributed by atoms with Crippen molar-refractivity contribution >= 4 is 52.4 Å². The molecule has 5 aromatic rings. The first kappa shape index (κ1) is 27.5. The van der Waals surface area contributed by atoms with Crippen LogP contribution in [0.1, 0.15) is 33.4 Å². The molecule has 0 saturated carbocycles. The minimum atomic E-state index is -3.23. The molecule has 0 amide bonds. The maximum atomic E-state index is 2.60. The second-order valence-corrected chi connectivity index (χ2v) is 21.4. The van der Waals surface area contributed by atoms with Crippen LogP contribution in [-0.2, 0) is 0 Å². The minimum absolute atomic E-state index is 0.170. The monoisotopic (exact) mass is 615 g/mol. The zero-order valence-corrected chi connectivity index (χ0v) is 27.0. The van der Waals surface area contributed by atoms with Gasteiger partial charge in [-0.05, 0) is 0 Å². The van der Waals surface area contributed by atoms with Gasteiger partial charge in [0.25, 0.3) is 0 Å². The van der Waals surface area contributed by atoms with Crippen LogP contribution in [0.4, 0.5) is 0 Å². The zero-order valence-electron chi connectivity index (χ0n) is 24.4. The van der Waals surface area contributed by atoms with Crippen LogP contribution < -0.4 is 26.9 Å². The van der Waals surface area contributed by atoms with Gasteiger partial charge in [-0.1, -0.05) is 0 Å². The normalized spacial score (nSPS) is 11.5. The fourth-order valence-corrected chi connectivity index (χ4v) is 16.7. The molecule has 194 valence electrons. The molecule has 0 unspecified atom stereocenters. The summed E-state index contributed by atoms with van der Waals surface area (Å²) in [6.07, 6.45) is 0. The van der Waals surface area contributed by atoms with Gasteiger partial charge in [0.2, 0.25) is 0 Å². The summed E-state index contributed by atoms with van der Waals surface area (Å²) < 4.78 is 4.56. The van der Waals surface area contributed by atoms with Crippen molar-refractivity contribution in [3.05, 3.63) is 143 Å². The van der Waals surface area contributed by atoms with Gasteiger partial charge in [0.05, 0.1) is 0 Å². The van der Waals surface area contributed by atoms with Gasteiger partial charge in [-0.25, -0.2) is 0 Å². The second kappa shape index (κ2) is 11.2. The van der Waals surface area contributed by atoms with Crippen molar-refractivity contribution in [2.45, 2.75) is 46.4 Å². The summed E-state index contributed by atoms with van der Waals surface area (Å²) >= 11 is -3.23. The average molecular weight is 616 g/mol. The van der Waals surface area contributed by atoms with Gasteiger partial charge in [0, 0.05) is 0 Å². The molecular formula is C37H39BSb+. The Morgan fingerprint density at radius 3 is 1.23 bits per heavy atom. The van der Waals surface area contributed by atoms with E-state index in [1.165, 1.54) is 56.8 Å². The first-order valence-electron chi connectivity index (χ1n) is 13.9. The SMILES string of the molecule is Cc1cc(C)c(B(c2cccc[c]2[Sb+]([CH3])([c]2ccccc2)[c]2ccccc2)c2c(C)cc(C)cc2C)c(C)c1. The maximum absolute atomic E-state index is 3.23. The molecule has 0 heterocycles. The predicted octanol–water partition coefficient (Wildman–Crippen LogP) is 5.15. The van der Waals surface area contributed by atoms with Gasteiger partial charge in [0.15, 0.2) is 0 Å². The van der Waals surface area contributed by atoms with E-state index in [1.807, 2.05) is 0 Å². The molecule has 0 aliphatic heterocycles. The Morgan fingerprint density at radius 1 is 0.462 bits per heavy atom. The molecule has 0 aliphatic carbocycles. The van der Waals surface area contributed by atoms with Gasteiger partial charge in [-0.3, -0.25) is 0 Å². The third kappa shape index (κ3) is 5.15. The van der Waals surface area contributed by atoms with Gasteiger partial charge in [0.1, 0.15) is 0 Å². The van der Waals surface area contributed by atoms with Gasteiger partial charge < -0.3 is 0 Å². The number of hydrogen-bond acceptors (Lipinski definition) is 0. The van der Waals surface area contributed by atoms with E-state index in [2.05, 4.69) is 156 Å². The van der Waals surface area contributed by atoms with Crippen LogP contribution in [-0.4, -0.2) is 25.5 Å². The van der Waals surface area contributed by atoms with E-state index >= 15 is 0 Å². The molecule has 39 heavy (non-hydrogen) atoms. The molecule has 0 aromatic heterocycles. The van der Waals surface area contributed by atoms with Crippen LogP contribution in [0.5, 0.6) is 0 Å². The Bertz CT molecular complexity index is 1480. The molecule has 0 saturated heterocycles. The molecule has 5 aromatic carbocycles. The summed E-state index contributed by atoms with van der Waals surface area (Å²) in [5.41, 5.74) is 12.5. The number of benzene rings is 5. The zero-order chi connectivity index (χ0) is 27.7. The van der Waals surface area contributed by atoms with E-state index in [1.54, 1.807) is 3.51 Å². The Labute approximate surface area is 240 Å². The molecule has 0 spiro atoms. The van der Waals surface area contributed by atoms with Crippen molar-refractivity contribution in [3.8, 4) is 0 Å². The third-order valence-electron chi connectivity index (χ3n) is 8.33. The third-order valence-corrected chi connectivity index (χ3v) is 19.8. The molecule has 2 heteroatoms. The fourth-order valence-electron chi connectivity index (χ4n) is 6.77. The second-order valence-electron chi connectivity index (χ2n) is 11.3. The molecule has 0 radical (unpaired) electrons. The Kier molecular flexibility index (Phi) is 7.93. The predicted molar refractivity (Wildman–Crippen MR) is 176 cm³/mol. The fraction of sp³-hybridized carbons (Fsp3) is 0.189. The summed E-state index contributed by atoms with van der Waals surface area (Å²) in [5.74, 6) is 0. The molecule has 0 nitrogen and oxygen atoms in total. The molecular weight excluding hydrogens is 577 g/mol. The Morgan fingerprint density at radius 2 is 0.821 bits per heavy atom. The van der Waals surface area contributed by atoms with E-state index in [9.17, 15) is 0 Å². The molecule has 0 atom stereocenters. The van der Waals surface area contributed by atoms with Crippen LogP contribution in [0.15, 0.2) is 109 Å². The first-order valence-corrected chi connectivity index (χ1v) is 20.3. The summed E-state index contributed by atoms with van der Waals surface area (Å²) in [5, 5.41) is 0. The van der Waals surface area contributed by atoms with Crippen LogP contribution >= 0.6 is 0 Å². The molecule has 0 fully saturated rings. The summed E-state index contributed by atoms with van der Waals surface area (Å²) in [7, 11) is 0. The van der Waals surface area contributed by atoms with E-state index < -0.39 is 18.8 Å². The summed E-state index contributed by atoms with van der Waals surface area (Å²) in [6, 6.07) is 41.5. The van der Waals surface area contributed by atoms with E-state index in [0.717, 1.165) is 0 Å². The first-order chi connectivity index (χ1) is 18.7. The van der Waals surface area contributed by atoms with E-state index in [0.29, 0.717) is 0 Å². The van der Waals surface area contributed by atoms with Crippen molar-refractivity contribution in [1.29, 1.82) is 0 Å². The van der Waals surface area contributed by atoms with Crippen molar-refractivity contribution < 1.29 is 0 Å². The molecule has 0 aliphatic rings. The Balaban J connectivity index is 1.90. The van der Waals surface area contributed by atoms with Crippen LogP contribution in [0.3, 0.4) is 0 Å². The van der Waals surface area contributed by atoms with Gasteiger partial charge in [-0.2, -0.15) is 0 Å². The van der Waals surface area contributed by atoms with E-state index in [4.69, 9.17) is 0 Å². The Hall–Kier alpha value is -3.02. The van der Waals surface area contributed by atoms with Crippen LogP contribution in [0, 0.1) is 41.5 Å². The van der Waals surface area contributed by atoms with E-state index in [-0.39, 0.29) is 6.71 Å². The van der Waals surface area contributed by atoms with Crippen LogP contribution in [0.25, 0.3) is 0 Å². The topological polar surface area (TPSA) is 0 Å². The molecule has 0 N–H and O–H groups in total. The standard InChI is InChI=1S/C24H26B.2C6H5.CH3.Sb/c1-16-12-18(3)23(19(4)13-16)25(22-10-8-7-9-11-22)24-20(5)14-17(2)15-21(24)6;2*1-2-4-6-5-3-1;;/h7-10,12-15H,1-6H3;2*1-5H;1H3;/q;;;;+1. The van der Waals surface area contributed by atoms with Crippen molar-refractivity contribution in [2.24, 2.45) is 0 Å². The van der Waals surface area contributed by atoms with Gasteiger partial charge in [-0.15, -0.1) is 0 Å². The van der Waals surface area contributed by atoms with Crippen LogP contribution in [0.2, 0.25) is 4.87 Å². The van der Waals surface area contributed by atoms with Crippen molar-refractivity contribution in [2.75, 3.05) is 0 Å². The number of hydrogen-bond donors (Lipinski definition) is 0. The van der Waals surface area contributed by atoms with Crippen molar-refractivity contribution in [3.63, 3.8) is 0 Å². The van der Waals surface area contributed by atoms with Crippen molar-refractivity contribution in [1.82, 2.24) is 0 Å². The van der Waals surface area contributed by atoms with Gasteiger partial charge >= 0.3 is 241 Å². The summed E-state index contributed by atoms with van der Waals surface area (Å²) in [6.45, 7) is 13.8.